The third-order valence-corrected chi connectivity index (χ3v) is 20.9. The van der Waals surface area contributed by atoms with Crippen LogP contribution in [-0.4, -0.2) is 23.1 Å². The first-order valence-corrected chi connectivity index (χ1v) is 32.6. The van der Waals surface area contributed by atoms with Crippen molar-refractivity contribution in [2.75, 3.05) is 0 Å². The summed E-state index contributed by atoms with van der Waals surface area (Å²) < 4.78 is 0. The highest BCUT2D eigenvalue weighted by atomic mass is 32.2. The van der Waals surface area contributed by atoms with Crippen LogP contribution in [-0.2, 0) is 10.8 Å². The Morgan fingerprint density at radius 3 is 0.762 bits per heavy atom. The molecule has 10 heteroatoms. The Hall–Kier alpha value is -7.02. The molecule has 10 aromatic carbocycles. The Bertz CT molecular complexity index is 3870. The molecule has 0 aromatic heterocycles. The fourth-order valence-corrected chi connectivity index (χ4v) is 15.8. The first kappa shape index (κ1) is 58.7. The standard InChI is InChI=1S/C48H44O2S4.C26H16O2S2/c1-29-9-17-33(18-10-29)51-37-25-26-38(52-34-19-11-30(2)12-20-34)42-41(37)45(49)43-39(53-35-21-13-31(14-22-35)47(3,4)5)27-28-40(44(43)46(42)50)54-36-23-15-32(16-24-36)48(6,7)8;27-25-20-14-8-16-22(30-18-11-5-2-6-12-18)24(20)26(28)19-13-7-15-21(23(19)25)29-17-9-3-1-4-10-17/h9-28H,1-8H3;1-16H. The van der Waals surface area contributed by atoms with Gasteiger partial charge in [-0.15, -0.1) is 0 Å². The molecule has 0 fully saturated rings. The minimum absolute atomic E-state index is 0.0260. The van der Waals surface area contributed by atoms with E-state index in [4.69, 9.17) is 0 Å². The predicted molar refractivity (Wildman–Crippen MR) is 350 cm³/mol. The molecule has 0 amide bonds. The molecule has 0 saturated heterocycles. The molecular formula is C74H60O4S6. The van der Waals surface area contributed by atoms with Crippen LogP contribution in [0.25, 0.3) is 0 Å². The van der Waals surface area contributed by atoms with Gasteiger partial charge in [0.25, 0.3) is 0 Å². The molecule has 2 aliphatic carbocycles. The summed E-state index contributed by atoms with van der Waals surface area (Å²) in [4.78, 5) is 68.5. The van der Waals surface area contributed by atoms with Gasteiger partial charge in [-0.1, -0.05) is 232 Å². The third-order valence-electron chi connectivity index (χ3n) is 14.5. The molecule has 10 aromatic rings. The van der Waals surface area contributed by atoms with Crippen LogP contribution in [0.4, 0.5) is 0 Å². The Labute approximate surface area is 518 Å². The van der Waals surface area contributed by atoms with Crippen LogP contribution < -0.4 is 0 Å². The molecule has 12 rings (SSSR count). The molecule has 4 nitrogen and oxygen atoms in total. The topological polar surface area (TPSA) is 68.3 Å². The van der Waals surface area contributed by atoms with Gasteiger partial charge in [-0.25, -0.2) is 0 Å². The number of aryl methyl sites for hydroxylation is 2. The second kappa shape index (κ2) is 24.9. The number of carbonyl (C=O) groups excluding carboxylic acids is 4. The first-order valence-electron chi connectivity index (χ1n) is 27.7. The van der Waals surface area contributed by atoms with Gasteiger partial charge in [0.2, 0.25) is 0 Å². The second-order valence-electron chi connectivity index (χ2n) is 22.7. The van der Waals surface area contributed by atoms with E-state index >= 15 is 9.59 Å². The van der Waals surface area contributed by atoms with Gasteiger partial charge in [0, 0.05) is 103 Å². The highest BCUT2D eigenvalue weighted by molar-refractivity contribution is 8.01. The van der Waals surface area contributed by atoms with Crippen molar-refractivity contribution in [3.8, 4) is 0 Å². The highest BCUT2D eigenvalue weighted by Gasteiger charge is 2.39. The fraction of sp³-hybridized carbons (Fsp3) is 0.135. The van der Waals surface area contributed by atoms with Crippen LogP contribution in [0.15, 0.2) is 277 Å². The summed E-state index contributed by atoms with van der Waals surface area (Å²) in [6, 6.07) is 72.7. The average molecular weight is 1210 g/mol. The van der Waals surface area contributed by atoms with Crippen molar-refractivity contribution in [3.05, 3.63) is 285 Å². The minimum atomic E-state index is -0.111. The Kier molecular flexibility index (Phi) is 17.4. The van der Waals surface area contributed by atoms with E-state index in [1.165, 1.54) is 69.3 Å². The predicted octanol–water partition coefficient (Wildman–Crippen LogP) is 21.0. The third kappa shape index (κ3) is 12.8. The Balaban J connectivity index is 0.000000206. The van der Waals surface area contributed by atoms with E-state index in [0.717, 1.165) is 58.7 Å². The Morgan fingerprint density at radius 2 is 0.488 bits per heavy atom. The van der Waals surface area contributed by atoms with E-state index in [2.05, 4.69) is 152 Å². The largest absolute Gasteiger partial charge is 0.289 e. The van der Waals surface area contributed by atoms with Crippen molar-refractivity contribution < 1.29 is 19.2 Å². The zero-order valence-electron chi connectivity index (χ0n) is 47.9. The van der Waals surface area contributed by atoms with Crippen LogP contribution >= 0.6 is 70.6 Å². The number of carbonyl (C=O) groups is 4. The molecule has 0 bridgehead atoms. The molecule has 416 valence electrons. The molecule has 0 atom stereocenters. The first-order chi connectivity index (χ1) is 40.4. The number of hydrogen-bond acceptors (Lipinski definition) is 10. The van der Waals surface area contributed by atoms with Crippen LogP contribution in [0.3, 0.4) is 0 Å². The van der Waals surface area contributed by atoms with E-state index in [1.54, 1.807) is 35.7 Å². The molecule has 0 radical (unpaired) electrons. The van der Waals surface area contributed by atoms with Crippen molar-refractivity contribution in [2.24, 2.45) is 0 Å². The maximum Gasteiger partial charge on any atom is 0.196 e. The van der Waals surface area contributed by atoms with Gasteiger partial charge in [-0.05, 0) is 145 Å². The van der Waals surface area contributed by atoms with Gasteiger partial charge in [-0.3, -0.25) is 19.2 Å². The van der Waals surface area contributed by atoms with Crippen molar-refractivity contribution in [1.29, 1.82) is 0 Å². The van der Waals surface area contributed by atoms with E-state index < -0.39 is 0 Å². The second-order valence-corrected chi connectivity index (χ2v) is 29.4. The maximum atomic E-state index is 15.3. The lowest BCUT2D eigenvalue weighted by Crippen LogP contribution is -2.24. The van der Waals surface area contributed by atoms with Gasteiger partial charge < -0.3 is 0 Å². The summed E-state index contributed by atoms with van der Waals surface area (Å²) in [6.45, 7) is 17.4. The van der Waals surface area contributed by atoms with Crippen LogP contribution in [0.2, 0.25) is 0 Å². The molecule has 84 heavy (non-hydrogen) atoms. The number of fused-ring (bicyclic) bond motifs is 4. The Morgan fingerprint density at radius 1 is 0.238 bits per heavy atom. The highest BCUT2D eigenvalue weighted by Crippen LogP contribution is 2.49. The molecule has 2 aliphatic rings. The number of ketones is 4. The molecular weight excluding hydrogens is 1150 g/mol. The minimum Gasteiger partial charge on any atom is -0.289 e. The van der Waals surface area contributed by atoms with Crippen LogP contribution in [0, 0.1) is 13.8 Å². The van der Waals surface area contributed by atoms with Gasteiger partial charge in [0.05, 0.1) is 0 Å². The maximum absolute atomic E-state index is 15.3. The summed E-state index contributed by atoms with van der Waals surface area (Å²) in [7, 11) is 0. The number of rotatable bonds is 12. The van der Waals surface area contributed by atoms with Crippen LogP contribution in [0.1, 0.15) is 127 Å². The van der Waals surface area contributed by atoms with Gasteiger partial charge in [0.15, 0.2) is 23.1 Å². The van der Waals surface area contributed by atoms with Gasteiger partial charge in [0.1, 0.15) is 0 Å². The molecule has 0 saturated carbocycles. The van der Waals surface area contributed by atoms with E-state index in [9.17, 15) is 9.59 Å². The van der Waals surface area contributed by atoms with Crippen molar-refractivity contribution in [2.45, 2.75) is 125 Å². The van der Waals surface area contributed by atoms with Gasteiger partial charge in [-0.2, -0.15) is 0 Å². The molecule has 0 spiro atoms. The summed E-state index contributed by atoms with van der Waals surface area (Å²) >= 11 is 9.19. The molecule has 0 heterocycles. The quantitative estimate of drug-likeness (QED) is 0.118. The van der Waals surface area contributed by atoms with E-state index in [0.29, 0.717) is 44.5 Å². The zero-order valence-corrected chi connectivity index (χ0v) is 52.8. The zero-order chi connectivity index (χ0) is 58.9. The summed E-state index contributed by atoms with van der Waals surface area (Å²) in [6.07, 6.45) is 0. The molecule has 0 unspecified atom stereocenters. The monoisotopic (exact) mass is 1200 g/mol. The van der Waals surface area contributed by atoms with Crippen molar-refractivity contribution in [1.82, 2.24) is 0 Å². The SMILES string of the molecule is Cc1ccc(Sc2ccc(Sc3ccc(C)cc3)c3c2C(=O)c2c(Sc4ccc(C(C)(C)C)cc4)ccc(Sc4ccc(C(C)(C)C)cc4)c2C3=O)cc1.O=C1c2cccc(Sc3ccccc3)c2C(=O)c2cccc(Sc3ccccc3)c21. The lowest BCUT2D eigenvalue weighted by atomic mass is 9.84. The molecule has 0 N–H and O–H groups in total. The lowest BCUT2D eigenvalue weighted by Gasteiger charge is -2.26. The number of hydrogen-bond donors (Lipinski definition) is 0. The number of benzene rings is 10. The summed E-state index contributed by atoms with van der Waals surface area (Å²) in [5.41, 5.74) is 8.78. The average Bonchev–Trinajstić information content (AvgIpc) is 1.32. The smallest absolute Gasteiger partial charge is 0.196 e. The summed E-state index contributed by atoms with van der Waals surface area (Å²) in [5, 5.41) is 0. The summed E-state index contributed by atoms with van der Waals surface area (Å²) in [5.74, 6) is -0.400. The van der Waals surface area contributed by atoms with Crippen molar-refractivity contribution >= 4 is 93.7 Å². The molecule has 0 aliphatic heterocycles. The lowest BCUT2D eigenvalue weighted by molar-refractivity contribution is 0.0970. The normalized spacial score (nSPS) is 12.7. The van der Waals surface area contributed by atoms with Gasteiger partial charge >= 0.3 is 0 Å². The van der Waals surface area contributed by atoms with Crippen LogP contribution in [0.5, 0.6) is 0 Å². The van der Waals surface area contributed by atoms with E-state index in [1.807, 2.05) is 109 Å². The van der Waals surface area contributed by atoms with E-state index in [-0.39, 0.29) is 34.0 Å². The van der Waals surface area contributed by atoms with Crippen molar-refractivity contribution in [3.63, 3.8) is 0 Å². The fourth-order valence-electron chi connectivity index (χ4n) is 9.97.